The highest BCUT2D eigenvalue weighted by Crippen LogP contribution is 2.61. The van der Waals surface area contributed by atoms with Gasteiger partial charge in [0.05, 0.1) is 12.2 Å². The summed E-state index contributed by atoms with van der Waals surface area (Å²) in [6, 6.07) is 6.07. The van der Waals surface area contributed by atoms with Gasteiger partial charge in [0.25, 0.3) is 0 Å². The number of rotatable bonds is 6. The first-order valence-electron chi connectivity index (χ1n) is 10.7. The first kappa shape index (κ1) is 19.7. The molecule has 0 aliphatic heterocycles. The summed E-state index contributed by atoms with van der Waals surface area (Å²) in [7, 11) is 0. The summed E-state index contributed by atoms with van der Waals surface area (Å²) in [6.07, 6.45) is 8.18. The third-order valence-electron chi connectivity index (χ3n) is 7.04. The predicted molar refractivity (Wildman–Crippen MR) is 114 cm³/mol. The number of anilines is 1. The van der Waals surface area contributed by atoms with Crippen molar-refractivity contribution in [3.63, 3.8) is 0 Å². The molecule has 4 aliphatic carbocycles. The summed E-state index contributed by atoms with van der Waals surface area (Å²) < 4.78 is 13.1. The topological polar surface area (TPSA) is 71.1 Å². The van der Waals surface area contributed by atoms with Crippen LogP contribution in [0.15, 0.2) is 29.6 Å². The molecule has 4 aliphatic rings. The highest BCUT2D eigenvalue weighted by Gasteiger charge is 2.51. The van der Waals surface area contributed by atoms with E-state index in [0.29, 0.717) is 17.2 Å². The zero-order chi connectivity index (χ0) is 20.7. The molecule has 2 N–H and O–H groups in total. The summed E-state index contributed by atoms with van der Waals surface area (Å²) in [6.45, 7) is -0.0450. The number of carbonyl (C=O) groups is 2. The minimum absolute atomic E-state index is 0.0155. The molecule has 5 nitrogen and oxygen atoms in total. The minimum atomic E-state index is -0.299. The Morgan fingerprint density at radius 1 is 1.03 bits per heavy atom. The van der Waals surface area contributed by atoms with Crippen LogP contribution >= 0.6 is 11.3 Å². The molecule has 0 saturated heterocycles. The molecule has 4 saturated carbocycles. The molecule has 0 spiro atoms. The third-order valence-corrected chi connectivity index (χ3v) is 7.79. The lowest BCUT2D eigenvalue weighted by Crippen LogP contribution is -2.48. The molecule has 0 unspecified atom stereocenters. The van der Waals surface area contributed by atoms with Crippen molar-refractivity contribution in [1.29, 1.82) is 0 Å². The molecule has 1 aromatic carbocycles. The molecule has 30 heavy (non-hydrogen) atoms. The zero-order valence-electron chi connectivity index (χ0n) is 16.8. The molecule has 0 atom stereocenters. The Morgan fingerprint density at radius 3 is 2.30 bits per heavy atom. The smallest absolute Gasteiger partial charge is 0.245 e. The van der Waals surface area contributed by atoms with E-state index in [4.69, 9.17) is 0 Å². The van der Waals surface area contributed by atoms with Crippen LogP contribution in [0.25, 0.3) is 11.3 Å². The van der Waals surface area contributed by atoms with Crippen LogP contribution in [0, 0.1) is 29.0 Å². The molecule has 4 bridgehead atoms. The lowest BCUT2D eigenvalue weighted by molar-refractivity contribution is -0.131. The largest absolute Gasteiger partial charge is 0.347 e. The summed E-state index contributed by atoms with van der Waals surface area (Å²) in [5.74, 6) is 1.84. The van der Waals surface area contributed by atoms with E-state index in [0.717, 1.165) is 23.3 Å². The number of amides is 2. The van der Waals surface area contributed by atoms with Crippen molar-refractivity contribution < 1.29 is 14.0 Å². The Labute approximate surface area is 179 Å². The number of hydrogen-bond donors (Lipinski definition) is 2. The summed E-state index contributed by atoms with van der Waals surface area (Å²) in [5, 5.41) is 7.83. The SMILES string of the molecule is O=C(CC12CC3CC(CC(C3)C1)C2)NCC(=O)Nc1nc(-c2ccc(F)cc2)cs1. The van der Waals surface area contributed by atoms with Gasteiger partial charge in [-0.2, -0.15) is 0 Å². The van der Waals surface area contributed by atoms with Gasteiger partial charge in [0.2, 0.25) is 11.8 Å². The predicted octanol–water partition coefficient (Wildman–Crippen LogP) is 4.61. The number of carbonyl (C=O) groups excluding carboxylic acids is 2. The van der Waals surface area contributed by atoms with Crippen LogP contribution in [0.2, 0.25) is 0 Å². The van der Waals surface area contributed by atoms with Crippen LogP contribution in [-0.2, 0) is 9.59 Å². The number of thiazole rings is 1. The van der Waals surface area contributed by atoms with E-state index >= 15 is 0 Å². The summed E-state index contributed by atoms with van der Waals surface area (Å²) in [5.41, 5.74) is 1.65. The maximum atomic E-state index is 13.1. The van der Waals surface area contributed by atoms with Crippen molar-refractivity contribution in [2.24, 2.45) is 23.2 Å². The standard InChI is InChI=1S/C23H26FN3O2S/c24-18-3-1-17(2-4-18)19-13-30-22(26-19)27-21(29)12-25-20(28)11-23-8-14-5-15(9-23)7-16(6-14)10-23/h1-4,13-16H,5-12H2,(H,25,28)(H,26,27,29). The van der Waals surface area contributed by atoms with Crippen LogP contribution in [0.4, 0.5) is 9.52 Å². The van der Waals surface area contributed by atoms with Crippen molar-refractivity contribution in [2.75, 3.05) is 11.9 Å². The summed E-state index contributed by atoms with van der Waals surface area (Å²) >= 11 is 1.31. The molecule has 1 aromatic heterocycles. The van der Waals surface area contributed by atoms with E-state index < -0.39 is 0 Å². The number of aromatic nitrogens is 1. The van der Waals surface area contributed by atoms with Crippen molar-refractivity contribution in [2.45, 2.75) is 44.9 Å². The molecule has 0 radical (unpaired) electrons. The van der Waals surface area contributed by atoms with Gasteiger partial charge in [0.15, 0.2) is 5.13 Å². The highest BCUT2D eigenvalue weighted by atomic mass is 32.1. The molecule has 1 heterocycles. The number of halogens is 1. The van der Waals surface area contributed by atoms with Gasteiger partial charge in [0.1, 0.15) is 5.82 Å². The molecule has 158 valence electrons. The molecule has 4 fully saturated rings. The van der Waals surface area contributed by atoms with Gasteiger partial charge in [-0.1, -0.05) is 0 Å². The zero-order valence-corrected chi connectivity index (χ0v) is 17.6. The second-order valence-corrected chi connectivity index (χ2v) is 10.3. The molecule has 2 amide bonds. The number of nitrogens with one attached hydrogen (secondary N) is 2. The Morgan fingerprint density at radius 2 is 1.67 bits per heavy atom. The van der Waals surface area contributed by atoms with Crippen LogP contribution in [0.3, 0.4) is 0 Å². The van der Waals surface area contributed by atoms with E-state index in [1.165, 1.54) is 62.0 Å². The van der Waals surface area contributed by atoms with Gasteiger partial charge < -0.3 is 10.6 Å². The normalized spacial score (nSPS) is 29.0. The van der Waals surface area contributed by atoms with E-state index in [1.807, 2.05) is 5.38 Å². The Bertz CT molecular complexity index is 920. The fraction of sp³-hybridized carbons (Fsp3) is 0.522. The fourth-order valence-electron chi connectivity index (χ4n) is 6.34. The minimum Gasteiger partial charge on any atom is -0.347 e. The monoisotopic (exact) mass is 427 g/mol. The van der Waals surface area contributed by atoms with Crippen LogP contribution in [0.1, 0.15) is 44.9 Å². The van der Waals surface area contributed by atoms with Gasteiger partial charge >= 0.3 is 0 Å². The molecular formula is C23H26FN3O2S. The third kappa shape index (κ3) is 4.13. The molecular weight excluding hydrogens is 401 g/mol. The molecule has 7 heteroatoms. The quantitative estimate of drug-likeness (QED) is 0.707. The average molecular weight is 428 g/mol. The van der Waals surface area contributed by atoms with Crippen molar-refractivity contribution in [1.82, 2.24) is 10.3 Å². The van der Waals surface area contributed by atoms with Gasteiger partial charge in [-0.05, 0) is 86.0 Å². The van der Waals surface area contributed by atoms with E-state index in [9.17, 15) is 14.0 Å². The Balaban J connectivity index is 1.12. The average Bonchev–Trinajstić information content (AvgIpc) is 3.14. The lowest BCUT2D eigenvalue weighted by Gasteiger charge is -2.56. The number of nitrogens with zero attached hydrogens (tertiary/aromatic N) is 1. The van der Waals surface area contributed by atoms with Crippen molar-refractivity contribution >= 4 is 28.3 Å². The molecule has 6 rings (SSSR count). The second kappa shape index (κ2) is 7.76. The van der Waals surface area contributed by atoms with Crippen molar-refractivity contribution in [3.8, 4) is 11.3 Å². The van der Waals surface area contributed by atoms with E-state index in [-0.39, 0.29) is 29.6 Å². The van der Waals surface area contributed by atoms with Crippen LogP contribution in [0.5, 0.6) is 0 Å². The Hall–Kier alpha value is -2.28. The summed E-state index contributed by atoms with van der Waals surface area (Å²) in [4.78, 5) is 29.2. The maximum Gasteiger partial charge on any atom is 0.245 e. The lowest BCUT2D eigenvalue weighted by atomic mass is 9.49. The number of benzene rings is 1. The van der Waals surface area contributed by atoms with Crippen LogP contribution < -0.4 is 10.6 Å². The van der Waals surface area contributed by atoms with E-state index in [1.54, 1.807) is 12.1 Å². The first-order valence-corrected chi connectivity index (χ1v) is 11.6. The van der Waals surface area contributed by atoms with E-state index in [2.05, 4.69) is 15.6 Å². The number of hydrogen-bond acceptors (Lipinski definition) is 4. The second-order valence-electron chi connectivity index (χ2n) is 9.46. The van der Waals surface area contributed by atoms with Gasteiger partial charge in [-0.15, -0.1) is 11.3 Å². The van der Waals surface area contributed by atoms with Gasteiger partial charge in [-0.25, -0.2) is 9.37 Å². The fourth-order valence-corrected chi connectivity index (χ4v) is 7.07. The maximum absolute atomic E-state index is 13.1. The van der Waals surface area contributed by atoms with Gasteiger partial charge in [0, 0.05) is 17.4 Å². The van der Waals surface area contributed by atoms with Crippen molar-refractivity contribution in [3.05, 3.63) is 35.5 Å². The Kier molecular flexibility index (Phi) is 5.09. The first-order chi connectivity index (χ1) is 14.5. The highest BCUT2D eigenvalue weighted by molar-refractivity contribution is 7.14. The van der Waals surface area contributed by atoms with Gasteiger partial charge in [-0.3, -0.25) is 9.59 Å². The molecule has 2 aromatic rings. The van der Waals surface area contributed by atoms with Crippen LogP contribution in [-0.4, -0.2) is 23.3 Å².